The minimum Gasteiger partial charge on any atom is -0.507 e. The number of benzene rings is 2. The zero-order valence-corrected chi connectivity index (χ0v) is 52.7. The first kappa shape index (κ1) is 70.2. The van der Waals surface area contributed by atoms with Crippen LogP contribution < -0.4 is 20.9 Å². The van der Waals surface area contributed by atoms with E-state index in [2.05, 4.69) is 46.0 Å². The predicted molar refractivity (Wildman–Crippen MR) is 336 cm³/mol. The van der Waals surface area contributed by atoms with E-state index in [1.807, 2.05) is 24.8 Å². The van der Waals surface area contributed by atoms with Crippen LogP contribution in [0.4, 0.5) is 20.5 Å². The highest BCUT2D eigenvalue weighted by Gasteiger charge is 2.38. The Morgan fingerprint density at radius 3 is 2.19 bits per heavy atom. The Bertz CT molecular complexity index is 2930. The molecular formula is C66H91ClF2N8O11. The number of nitrogens with one attached hydrogen (secondary N) is 3. The maximum Gasteiger partial charge on any atom is 0.293 e. The van der Waals surface area contributed by atoms with Crippen molar-refractivity contribution >= 4 is 75.9 Å². The Kier molecular flexibility index (Phi) is 28.2. The number of amides is 4. The van der Waals surface area contributed by atoms with Gasteiger partial charge in [-0.15, -0.1) is 0 Å². The summed E-state index contributed by atoms with van der Waals surface area (Å²) in [5, 5.41) is 19.6. The highest BCUT2D eigenvalue weighted by atomic mass is 35.5. The van der Waals surface area contributed by atoms with Gasteiger partial charge in [0, 0.05) is 102 Å². The van der Waals surface area contributed by atoms with E-state index in [-0.39, 0.29) is 101 Å². The Morgan fingerprint density at radius 1 is 0.852 bits per heavy atom. The monoisotopic (exact) mass is 1240 g/mol. The summed E-state index contributed by atoms with van der Waals surface area (Å²) in [7, 11) is 1.64. The number of halogens is 3. The molecular weight excluding hydrogens is 1150 g/mol. The van der Waals surface area contributed by atoms with Gasteiger partial charge in [0.2, 0.25) is 29.5 Å². The van der Waals surface area contributed by atoms with Crippen molar-refractivity contribution in [3.05, 3.63) is 77.4 Å². The molecule has 3 aromatic rings. The number of aromatic hydroxyl groups is 1. The average Bonchev–Trinajstić information content (AvgIpc) is 1.81. The molecule has 88 heavy (non-hydrogen) atoms. The van der Waals surface area contributed by atoms with Crippen LogP contribution in [0.25, 0.3) is 22.0 Å². The number of ether oxygens (including phenoxy) is 3. The van der Waals surface area contributed by atoms with E-state index in [0.717, 1.165) is 63.0 Å². The first-order valence-electron chi connectivity index (χ1n) is 31.3. The largest absolute Gasteiger partial charge is 0.507 e. The van der Waals surface area contributed by atoms with Gasteiger partial charge in [0.25, 0.3) is 12.4 Å². The molecule has 7 atom stereocenters. The molecule has 6 rings (SSSR count). The zero-order valence-electron chi connectivity index (χ0n) is 52.0. The number of aromatic nitrogens is 2. The number of phenolic OH excluding ortho intramolecular Hbond substituents is 1. The maximum absolute atomic E-state index is 16.5. The maximum atomic E-state index is 16.5. The molecule has 1 aromatic heterocycles. The molecule has 0 bridgehead atoms. The van der Waals surface area contributed by atoms with Gasteiger partial charge in [-0.2, -0.15) is 4.98 Å². The lowest BCUT2D eigenvalue weighted by atomic mass is 9.86. The van der Waals surface area contributed by atoms with Crippen molar-refractivity contribution in [1.82, 2.24) is 30.4 Å². The number of Topliss-reactive ketones (excluding diaryl/α,β-unsaturated/α-hetero) is 2. The first-order chi connectivity index (χ1) is 42.2. The van der Waals surface area contributed by atoms with Crippen molar-refractivity contribution in [2.24, 2.45) is 17.8 Å². The Morgan fingerprint density at radius 2 is 1.55 bits per heavy atom. The minimum absolute atomic E-state index is 0.00710. The lowest BCUT2D eigenvalue weighted by Gasteiger charge is -2.35. The Hall–Kier alpha value is -6.84. The van der Waals surface area contributed by atoms with Gasteiger partial charge in [-0.1, -0.05) is 69.2 Å². The normalized spacial score (nSPS) is 18.1. The molecule has 4 heterocycles. The number of phenols is 1. The number of anilines is 2. The molecule has 0 aliphatic carbocycles. The van der Waals surface area contributed by atoms with Crippen LogP contribution >= 0.6 is 11.6 Å². The second-order valence-corrected chi connectivity index (χ2v) is 24.3. The molecule has 1 unspecified atom stereocenters. The van der Waals surface area contributed by atoms with Gasteiger partial charge in [-0.05, 0) is 139 Å². The molecule has 0 radical (unpaired) electrons. The van der Waals surface area contributed by atoms with Crippen molar-refractivity contribution < 1.29 is 61.7 Å². The number of hydrogen-bond acceptors (Lipinski definition) is 15. The van der Waals surface area contributed by atoms with Gasteiger partial charge in [-0.3, -0.25) is 33.6 Å². The van der Waals surface area contributed by atoms with Gasteiger partial charge in [0.05, 0.1) is 22.8 Å². The number of fused-ring (bicyclic) bond motifs is 1. The Labute approximate surface area is 521 Å². The average molecular weight is 1250 g/mol. The number of carbonyl (C=O) groups is 7. The van der Waals surface area contributed by atoms with Crippen LogP contribution in [0.5, 0.6) is 5.75 Å². The van der Waals surface area contributed by atoms with E-state index >= 15 is 8.78 Å². The quantitative estimate of drug-likeness (QED) is 0.0141. The van der Waals surface area contributed by atoms with Crippen molar-refractivity contribution in [2.45, 2.75) is 168 Å². The lowest BCUT2D eigenvalue weighted by Crippen LogP contribution is -2.48. The van der Waals surface area contributed by atoms with E-state index in [4.69, 9.17) is 25.8 Å². The summed E-state index contributed by atoms with van der Waals surface area (Å²) in [4.78, 5) is 104. The summed E-state index contributed by atoms with van der Waals surface area (Å²) >= 11 is 6.59. The minimum atomic E-state index is -0.971. The number of hydrogen-bond donors (Lipinski definition) is 4. The van der Waals surface area contributed by atoms with E-state index < -0.39 is 52.8 Å². The second-order valence-electron chi connectivity index (χ2n) is 23.9. The fourth-order valence-corrected chi connectivity index (χ4v) is 12.4. The molecule has 22 heteroatoms. The standard InChI is InChI=1S/C66H91ClF2N8O11/c1-8-57(83)75-33-35-76(36-34-75)64-47-40-48(67)58(59-49(68)20-17-21-51(59)80)60(69)61(47)73-66(74-64)72-30-27-56(82)71-29-13-10-9-12-28-70-55(81)24-16-19-46(50(79)26-25-45(6)63(42(2)3)87-41-78)38-43(4)37-44(5)39-54(86-7)52-22-18-23-53(88-52)62(84)65(85)77-31-14-11-15-32-77/h8,17,20-21,38,40-41,44-46,52-54,63,80H,1-2,9-16,18-19,22-37,39H2,3-7H3,(H,70,81)(H,71,82)(H,72,73,74)/b43-38+/t44-,45+,46+,52-,53?,54-,63+/m0/s1. The van der Waals surface area contributed by atoms with Crippen molar-refractivity contribution in [3.63, 3.8) is 0 Å². The molecule has 4 N–H and O–H groups in total. The molecule has 3 saturated heterocycles. The molecule has 3 aliphatic heterocycles. The molecule has 0 saturated carbocycles. The number of rotatable bonds is 35. The molecule has 3 fully saturated rings. The summed E-state index contributed by atoms with van der Waals surface area (Å²) in [6, 6.07) is 5.03. The SMILES string of the molecule is C=CC(=O)N1CCN(c2nc(NCCC(=O)NCCCCCCNC(=O)CCC[C@H](/C=C(\C)C[C@H](C)C[C@H](OC)[C@@H]3CCCC(C(=O)C(=O)N4CCCCC4)O3)C(=O)CC[C@@H](C)[C@H](OC=O)C(=C)C)nc3c(F)c(-c4c(O)cccc4F)c(Cl)cc23)CC1. The first-order valence-corrected chi connectivity index (χ1v) is 31.7. The fourth-order valence-electron chi connectivity index (χ4n) is 12.2. The van der Waals surface area contributed by atoms with Crippen LogP contribution in [-0.4, -0.2) is 157 Å². The summed E-state index contributed by atoms with van der Waals surface area (Å²) in [5.74, 6) is -3.89. The van der Waals surface area contributed by atoms with Crippen LogP contribution in [0.15, 0.2) is 60.7 Å². The second kappa shape index (κ2) is 35.4. The number of likely N-dealkylation sites (tertiary alicyclic amines) is 1. The van der Waals surface area contributed by atoms with Crippen molar-refractivity contribution in [2.75, 3.05) is 76.2 Å². The highest BCUT2D eigenvalue weighted by Crippen LogP contribution is 2.43. The van der Waals surface area contributed by atoms with Crippen LogP contribution in [0.1, 0.15) is 143 Å². The number of unbranched alkanes of at least 4 members (excludes halogenated alkanes) is 3. The van der Waals surface area contributed by atoms with Gasteiger partial charge >= 0.3 is 0 Å². The van der Waals surface area contributed by atoms with Crippen molar-refractivity contribution in [3.8, 4) is 16.9 Å². The number of nitrogens with zero attached hydrogens (tertiary/aromatic N) is 5. The molecule has 3 aliphatic rings. The molecule has 0 spiro atoms. The summed E-state index contributed by atoms with van der Waals surface area (Å²) in [6.45, 7) is 19.4. The third-order valence-electron chi connectivity index (χ3n) is 16.9. The highest BCUT2D eigenvalue weighted by molar-refractivity contribution is 6.37. The number of carbonyl (C=O) groups excluding carboxylic acids is 7. The molecule has 2 aromatic carbocycles. The third kappa shape index (κ3) is 20.3. The number of methoxy groups -OCH3 is 1. The lowest BCUT2D eigenvalue weighted by molar-refractivity contribution is -0.163. The van der Waals surface area contributed by atoms with Gasteiger partial charge < -0.3 is 50.0 Å². The number of ketones is 2. The molecule has 482 valence electrons. The fraction of sp³-hybridized carbons (Fsp3) is 0.591. The molecule has 4 amide bonds. The van der Waals surface area contributed by atoms with E-state index in [1.165, 1.54) is 24.3 Å². The predicted octanol–water partition coefficient (Wildman–Crippen LogP) is 10.1. The topological polar surface area (TPSA) is 239 Å². The van der Waals surface area contributed by atoms with Gasteiger partial charge in [0.1, 0.15) is 40.9 Å². The summed E-state index contributed by atoms with van der Waals surface area (Å²) < 4.78 is 49.2. The summed E-state index contributed by atoms with van der Waals surface area (Å²) in [6.07, 6.45) is 12.6. The number of piperidine rings is 1. The van der Waals surface area contributed by atoms with E-state index in [0.29, 0.717) is 115 Å². The number of allylic oxidation sites excluding steroid dienone is 2. The third-order valence-corrected chi connectivity index (χ3v) is 17.2. The smallest absolute Gasteiger partial charge is 0.293 e. The van der Waals surface area contributed by atoms with Crippen LogP contribution in [0, 0.1) is 29.4 Å². The summed E-state index contributed by atoms with van der Waals surface area (Å²) in [5.41, 5.74) is 0.768. The van der Waals surface area contributed by atoms with E-state index in [9.17, 15) is 38.7 Å². The Balaban J connectivity index is 0.936. The van der Waals surface area contributed by atoms with Crippen LogP contribution in [0.3, 0.4) is 0 Å². The van der Waals surface area contributed by atoms with Crippen molar-refractivity contribution in [1.29, 1.82) is 0 Å². The molecule has 19 nitrogen and oxygen atoms in total. The zero-order chi connectivity index (χ0) is 63.9. The van der Waals surface area contributed by atoms with Gasteiger partial charge in [-0.25, -0.2) is 13.8 Å². The van der Waals surface area contributed by atoms with E-state index in [1.54, 1.807) is 23.8 Å². The van der Waals surface area contributed by atoms with Crippen LogP contribution in [-0.2, 0) is 47.8 Å². The number of piperazine rings is 1. The van der Waals surface area contributed by atoms with Gasteiger partial charge in [0.15, 0.2) is 5.82 Å². The van der Waals surface area contributed by atoms with Crippen LogP contribution in [0.2, 0.25) is 5.02 Å².